The van der Waals surface area contributed by atoms with Crippen LogP contribution in [0.2, 0.25) is 0 Å². The minimum atomic E-state index is -0.561. The van der Waals surface area contributed by atoms with Gasteiger partial charge in [-0.05, 0) is 13.3 Å². The second-order valence-corrected chi connectivity index (χ2v) is 3.44. The van der Waals surface area contributed by atoms with Crippen molar-refractivity contribution in [2.24, 2.45) is 0 Å². The molecule has 1 atom stereocenters. The molecule has 84 valence electrons. The van der Waals surface area contributed by atoms with E-state index in [-0.39, 0.29) is 13.2 Å². The molecule has 0 aromatic carbocycles. The van der Waals surface area contributed by atoms with E-state index in [4.69, 9.17) is 9.47 Å². The molecule has 5 nitrogen and oxygen atoms in total. The number of ether oxygens (including phenoxy) is 2. The molecule has 1 saturated heterocycles. The van der Waals surface area contributed by atoms with E-state index in [9.17, 15) is 9.59 Å². The number of carbonyl (C=O) groups excluding carboxylic acids is 2. The predicted octanol–water partition coefficient (Wildman–Crippen LogP) is 0.994. The van der Waals surface area contributed by atoms with Gasteiger partial charge >= 0.3 is 12.1 Å². The molecule has 0 spiro atoms. The largest absolute Gasteiger partial charge is 0.460 e. The number of nitrogens with one attached hydrogen (secondary N) is 1. The standard InChI is InChI=1S/C10H15NO4/c1-3-5-8(12)14-6-10(4-2)7-15-9(13)11-10/h3,5H,4,6-7H2,1-2H3,(H,11,13). The summed E-state index contributed by atoms with van der Waals surface area (Å²) >= 11 is 0. The molecule has 1 fully saturated rings. The lowest BCUT2D eigenvalue weighted by Gasteiger charge is -2.23. The van der Waals surface area contributed by atoms with Crippen LogP contribution >= 0.6 is 0 Å². The van der Waals surface area contributed by atoms with Crippen LogP contribution < -0.4 is 5.32 Å². The van der Waals surface area contributed by atoms with E-state index in [0.717, 1.165) is 0 Å². The minimum Gasteiger partial charge on any atom is -0.460 e. The number of esters is 1. The van der Waals surface area contributed by atoms with Crippen LogP contribution in [-0.2, 0) is 14.3 Å². The first-order valence-electron chi connectivity index (χ1n) is 4.86. The highest BCUT2D eigenvalue weighted by atomic mass is 16.6. The van der Waals surface area contributed by atoms with Gasteiger partial charge in [0.25, 0.3) is 0 Å². The molecule has 1 rings (SSSR count). The number of hydrogen-bond acceptors (Lipinski definition) is 4. The topological polar surface area (TPSA) is 64.6 Å². The maximum atomic E-state index is 11.1. The summed E-state index contributed by atoms with van der Waals surface area (Å²) in [5.41, 5.74) is -0.561. The molecular weight excluding hydrogens is 198 g/mol. The van der Waals surface area contributed by atoms with Crippen LogP contribution in [0.3, 0.4) is 0 Å². The lowest BCUT2D eigenvalue weighted by molar-refractivity contribution is -0.139. The van der Waals surface area contributed by atoms with Gasteiger partial charge in [-0.3, -0.25) is 0 Å². The molecule has 0 radical (unpaired) electrons. The van der Waals surface area contributed by atoms with Gasteiger partial charge in [0.1, 0.15) is 18.8 Å². The third-order valence-corrected chi connectivity index (χ3v) is 2.32. The van der Waals surface area contributed by atoms with Crippen molar-refractivity contribution in [3.8, 4) is 0 Å². The summed E-state index contributed by atoms with van der Waals surface area (Å²) < 4.78 is 9.78. The van der Waals surface area contributed by atoms with Gasteiger partial charge in [-0.2, -0.15) is 0 Å². The Morgan fingerprint density at radius 3 is 2.93 bits per heavy atom. The maximum Gasteiger partial charge on any atom is 0.407 e. The first-order chi connectivity index (χ1) is 7.12. The number of cyclic esters (lactones) is 1. The van der Waals surface area contributed by atoms with Gasteiger partial charge in [0.2, 0.25) is 0 Å². The minimum absolute atomic E-state index is 0.137. The van der Waals surface area contributed by atoms with Crippen molar-refractivity contribution in [2.45, 2.75) is 25.8 Å². The SMILES string of the molecule is CC=CC(=O)OCC1(CC)COC(=O)N1. The molecule has 5 heteroatoms. The Bertz CT molecular complexity index is 287. The van der Waals surface area contributed by atoms with Gasteiger partial charge in [-0.25, -0.2) is 9.59 Å². The predicted molar refractivity (Wildman–Crippen MR) is 53.3 cm³/mol. The molecule has 1 aliphatic heterocycles. The zero-order valence-corrected chi connectivity index (χ0v) is 8.91. The molecule has 0 bridgehead atoms. The monoisotopic (exact) mass is 213 g/mol. The van der Waals surface area contributed by atoms with Gasteiger partial charge in [0, 0.05) is 6.08 Å². The first kappa shape index (κ1) is 11.6. The van der Waals surface area contributed by atoms with Crippen LogP contribution in [0.4, 0.5) is 4.79 Å². The van der Waals surface area contributed by atoms with Crippen molar-refractivity contribution in [3.63, 3.8) is 0 Å². The second-order valence-electron chi connectivity index (χ2n) is 3.44. The van der Waals surface area contributed by atoms with Crippen LogP contribution in [-0.4, -0.2) is 30.8 Å². The number of amides is 1. The van der Waals surface area contributed by atoms with Gasteiger partial charge in [0.05, 0.1) is 0 Å². The Kier molecular flexibility index (Phi) is 3.71. The number of hydrogen-bond donors (Lipinski definition) is 1. The number of rotatable bonds is 4. The number of carbonyl (C=O) groups is 2. The lowest BCUT2D eigenvalue weighted by atomic mass is 10.00. The van der Waals surface area contributed by atoms with E-state index in [1.165, 1.54) is 6.08 Å². The van der Waals surface area contributed by atoms with E-state index < -0.39 is 17.6 Å². The Morgan fingerprint density at radius 1 is 1.73 bits per heavy atom. The Hall–Kier alpha value is -1.52. The van der Waals surface area contributed by atoms with Crippen molar-refractivity contribution < 1.29 is 19.1 Å². The summed E-state index contributed by atoms with van der Waals surface area (Å²) in [5.74, 6) is -0.411. The normalized spacial score (nSPS) is 25.1. The highest BCUT2D eigenvalue weighted by molar-refractivity contribution is 5.81. The summed E-state index contributed by atoms with van der Waals surface area (Å²) in [4.78, 5) is 22.0. The van der Waals surface area contributed by atoms with Crippen molar-refractivity contribution in [1.82, 2.24) is 5.32 Å². The van der Waals surface area contributed by atoms with E-state index in [2.05, 4.69) is 5.32 Å². The zero-order chi connectivity index (χ0) is 11.3. The molecule has 1 aliphatic rings. The quantitative estimate of drug-likeness (QED) is 0.558. The molecule has 1 heterocycles. The third kappa shape index (κ3) is 2.97. The summed E-state index contributed by atoms with van der Waals surface area (Å²) in [6, 6.07) is 0. The highest BCUT2D eigenvalue weighted by Crippen LogP contribution is 2.17. The van der Waals surface area contributed by atoms with Crippen molar-refractivity contribution in [2.75, 3.05) is 13.2 Å². The molecular formula is C10H15NO4. The lowest BCUT2D eigenvalue weighted by Crippen LogP contribution is -2.47. The Balaban J connectivity index is 2.47. The maximum absolute atomic E-state index is 11.1. The van der Waals surface area contributed by atoms with Gasteiger partial charge < -0.3 is 14.8 Å². The van der Waals surface area contributed by atoms with Crippen LogP contribution in [0.25, 0.3) is 0 Å². The molecule has 1 N–H and O–H groups in total. The van der Waals surface area contributed by atoms with Crippen LogP contribution in [0.15, 0.2) is 12.2 Å². The number of alkyl carbamates (subject to hydrolysis) is 1. The average Bonchev–Trinajstić information content (AvgIpc) is 2.59. The van der Waals surface area contributed by atoms with Gasteiger partial charge in [0.15, 0.2) is 0 Å². The molecule has 1 unspecified atom stereocenters. The van der Waals surface area contributed by atoms with Crippen LogP contribution in [0, 0.1) is 0 Å². The van der Waals surface area contributed by atoms with E-state index in [0.29, 0.717) is 6.42 Å². The van der Waals surface area contributed by atoms with Crippen molar-refractivity contribution in [3.05, 3.63) is 12.2 Å². The molecule has 0 aromatic heterocycles. The third-order valence-electron chi connectivity index (χ3n) is 2.32. The van der Waals surface area contributed by atoms with Crippen LogP contribution in [0.5, 0.6) is 0 Å². The van der Waals surface area contributed by atoms with Gasteiger partial charge in [-0.1, -0.05) is 13.0 Å². The fraction of sp³-hybridized carbons (Fsp3) is 0.600. The summed E-state index contributed by atoms with van der Waals surface area (Å²) in [6.45, 7) is 4.01. The molecule has 0 saturated carbocycles. The highest BCUT2D eigenvalue weighted by Gasteiger charge is 2.39. The molecule has 15 heavy (non-hydrogen) atoms. The van der Waals surface area contributed by atoms with Crippen LogP contribution in [0.1, 0.15) is 20.3 Å². The van der Waals surface area contributed by atoms with Gasteiger partial charge in [-0.15, -0.1) is 0 Å². The van der Waals surface area contributed by atoms with Crippen molar-refractivity contribution in [1.29, 1.82) is 0 Å². The summed E-state index contributed by atoms with van der Waals surface area (Å²) in [7, 11) is 0. The van der Waals surface area contributed by atoms with E-state index in [1.54, 1.807) is 13.0 Å². The fourth-order valence-corrected chi connectivity index (χ4v) is 1.26. The Morgan fingerprint density at radius 2 is 2.47 bits per heavy atom. The fourth-order valence-electron chi connectivity index (χ4n) is 1.26. The van der Waals surface area contributed by atoms with E-state index >= 15 is 0 Å². The first-order valence-corrected chi connectivity index (χ1v) is 4.86. The van der Waals surface area contributed by atoms with E-state index in [1.807, 2.05) is 6.92 Å². The average molecular weight is 213 g/mol. The molecule has 1 amide bonds. The Labute approximate surface area is 88.4 Å². The second kappa shape index (κ2) is 4.82. The molecule has 0 aliphatic carbocycles. The number of allylic oxidation sites excluding steroid dienone is 1. The smallest absolute Gasteiger partial charge is 0.407 e. The summed E-state index contributed by atoms with van der Waals surface area (Å²) in [5, 5.41) is 2.65. The zero-order valence-electron chi connectivity index (χ0n) is 8.91. The van der Waals surface area contributed by atoms with Crippen molar-refractivity contribution >= 4 is 12.1 Å². The summed E-state index contributed by atoms with van der Waals surface area (Å²) in [6.07, 6.45) is 3.13. The molecule has 0 aromatic rings.